The van der Waals surface area contributed by atoms with Crippen LogP contribution in [0.25, 0.3) is 0 Å². The molecule has 0 saturated carbocycles. The van der Waals surface area contributed by atoms with Crippen LogP contribution in [-0.2, 0) is 4.79 Å². The summed E-state index contributed by atoms with van der Waals surface area (Å²) in [4.78, 5) is 24.8. The fourth-order valence-corrected chi connectivity index (χ4v) is 2.48. The molecule has 0 saturated heterocycles. The van der Waals surface area contributed by atoms with Crippen LogP contribution in [0.2, 0.25) is 0 Å². The number of anilines is 1. The van der Waals surface area contributed by atoms with Gasteiger partial charge in [-0.1, -0.05) is 19.1 Å². The van der Waals surface area contributed by atoms with Crippen molar-refractivity contribution in [2.45, 2.75) is 24.7 Å². The highest BCUT2D eigenvalue weighted by Crippen LogP contribution is 2.14. The summed E-state index contributed by atoms with van der Waals surface area (Å²) < 4.78 is 0. The quantitative estimate of drug-likeness (QED) is 0.449. The summed E-state index contributed by atoms with van der Waals surface area (Å²) in [6.07, 6.45) is 4.89. The Bertz CT molecular complexity index is 740. The number of hydrogen-bond donors (Lipinski definition) is 2. The monoisotopic (exact) mass is 355 g/mol. The highest BCUT2D eigenvalue weighted by molar-refractivity contribution is 7.98. The van der Waals surface area contributed by atoms with Gasteiger partial charge in [0.2, 0.25) is 5.91 Å². The Morgan fingerprint density at radius 3 is 2.36 bits per heavy atom. The molecule has 0 bridgehead atoms. The molecule has 0 atom stereocenters. The number of thioether (sulfide) groups is 1. The highest BCUT2D eigenvalue weighted by Gasteiger charge is 2.05. The number of amides is 2. The van der Waals surface area contributed by atoms with Crippen LogP contribution in [0, 0.1) is 0 Å². The molecule has 0 fully saturated rings. The first-order valence-corrected chi connectivity index (χ1v) is 9.22. The van der Waals surface area contributed by atoms with E-state index in [0.717, 1.165) is 12.0 Å². The van der Waals surface area contributed by atoms with E-state index in [2.05, 4.69) is 15.8 Å². The number of nitrogens with one attached hydrogen (secondary N) is 2. The molecule has 2 aromatic carbocycles. The molecule has 2 amide bonds. The number of benzene rings is 2. The summed E-state index contributed by atoms with van der Waals surface area (Å²) in [5, 5.41) is 6.75. The van der Waals surface area contributed by atoms with Crippen LogP contribution in [0.5, 0.6) is 0 Å². The summed E-state index contributed by atoms with van der Waals surface area (Å²) in [5.74, 6) is -0.333. The molecule has 0 radical (unpaired) electrons. The van der Waals surface area contributed by atoms with E-state index in [-0.39, 0.29) is 11.8 Å². The van der Waals surface area contributed by atoms with E-state index in [9.17, 15) is 9.59 Å². The Morgan fingerprint density at radius 1 is 1.08 bits per heavy atom. The van der Waals surface area contributed by atoms with Gasteiger partial charge in [0.1, 0.15) is 0 Å². The highest BCUT2D eigenvalue weighted by atomic mass is 32.2. The van der Waals surface area contributed by atoms with Gasteiger partial charge in [0.05, 0.1) is 6.21 Å². The zero-order chi connectivity index (χ0) is 18.1. The van der Waals surface area contributed by atoms with Gasteiger partial charge >= 0.3 is 0 Å². The number of carbonyl (C=O) groups is 2. The number of carbonyl (C=O) groups excluding carboxylic acids is 2. The molecule has 0 aliphatic rings. The molecule has 6 heteroatoms. The Hall–Kier alpha value is -2.60. The molecule has 2 N–H and O–H groups in total. The second kappa shape index (κ2) is 9.64. The Kier molecular flexibility index (Phi) is 7.22. The van der Waals surface area contributed by atoms with Crippen molar-refractivity contribution >= 4 is 35.5 Å². The maximum absolute atomic E-state index is 12.1. The van der Waals surface area contributed by atoms with Crippen molar-refractivity contribution in [1.29, 1.82) is 0 Å². The average Bonchev–Trinajstić information content (AvgIpc) is 2.63. The Balaban J connectivity index is 1.89. The van der Waals surface area contributed by atoms with E-state index in [0.29, 0.717) is 17.7 Å². The van der Waals surface area contributed by atoms with Crippen molar-refractivity contribution in [1.82, 2.24) is 5.43 Å². The van der Waals surface area contributed by atoms with Crippen molar-refractivity contribution in [3.63, 3.8) is 0 Å². The van der Waals surface area contributed by atoms with Crippen LogP contribution in [0.15, 0.2) is 58.5 Å². The Morgan fingerprint density at radius 2 is 1.76 bits per heavy atom. The molecule has 2 aromatic rings. The van der Waals surface area contributed by atoms with E-state index in [1.165, 1.54) is 4.90 Å². The molecule has 25 heavy (non-hydrogen) atoms. The minimum atomic E-state index is -0.302. The van der Waals surface area contributed by atoms with Crippen LogP contribution in [0.4, 0.5) is 5.69 Å². The van der Waals surface area contributed by atoms with Gasteiger partial charge < -0.3 is 5.32 Å². The van der Waals surface area contributed by atoms with Gasteiger partial charge in [0.15, 0.2) is 0 Å². The molecule has 0 aliphatic heterocycles. The summed E-state index contributed by atoms with van der Waals surface area (Å²) in [6.45, 7) is 1.95. The summed E-state index contributed by atoms with van der Waals surface area (Å²) in [7, 11) is 0. The lowest BCUT2D eigenvalue weighted by Gasteiger charge is -2.05. The van der Waals surface area contributed by atoms with Crippen molar-refractivity contribution < 1.29 is 9.59 Å². The molecular weight excluding hydrogens is 334 g/mol. The molecule has 0 unspecified atom stereocenters. The summed E-state index contributed by atoms with van der Waals surface area (Å²) >= 11 is 1.67. The van der Waals surface area contributed by atoms with Gasteiger partial charge in [-0.2, -0.15) is 5.10 Å². The maximum atomic E-state index is 12.1. The lowest BCUT2D eigenvalue weighted by molar-refractivity contribution is -0.116. The van der Waals surface area contributed by atoms with Gasteiger partial charge in [-0.3, -0.25) is 9.59 Å². The molecule has 0 aromatic heterocycles. The number of rotatable bonds is 7. The third kappa shape index (κ3) is 6.08. The van der Waals surface area contributed by atoms with E-state index in [1.807, 2.05) is 37.4 Å². The first-order valence-electron chi connectivity index (χ1n) is 7.99. The predicted octanol–water partition coefficient (Wildman–Crippen LogP) is 3.91. The molecule has 0 aliphatic carbocycles. The standard InChI is InChI=1S/C19H21N3O2S/c1-3-4-18(23)21-16-9-7-15(8-10-16)19(24)22-20-13-14-5-11-17(25-2)12-6-14/h5-13H,3-4H2,1-2H3,(H,21,23)(H,22,24)/b20-13+. The van der Waals surface area contributed by atoms with Crippen molar-refractivity contribution in [3.05, 3.63) is 59.7 Å². The SMILES string of the molecule is CCCC(=O)Nc1ccc(C(=O)N/N=C/c2ccc(SC)cc2)cc1. The van der Waals surface area contributed by atoms with Crippen LogP contribution < -0.4 is 10.7 Å². The van der Waals surface area contributed by atoms with Gasteiger partial charge in [0.25, 0.3) is 5.91 Å². The molecule has 0 spiro atoms. The second-order valence-electron chi connectivity index (χ2n) is 5.35. The van der Waals surface area contributed by atoms with E-state index >= 15 is 0 Å². The molecular formula is C19H21N3O2S. The number of nitrogens with zero attached hydrogens (tertiary/aromatic N) is 1. The van der Waals surface area contributed by atoms with Crippen LogP contribution in [0.3, 0.4) is 0 Å². The number of hydrogen-bond acceptors (Lipinski definition) is 4. The molecule has 0 heterocycles. The molecule has 5 nitrogen and oxygen atoms in total. The second-order valence-corrected chi connectivity index (χ2v) is 6.23. The Labute approximate surface area is 151 Å². The van der Waals surface area contributed by atoms with Gasteiger partial charge in [0, 0.05) is 22.6 Å². The predicted molar refractivity (Wildman–Crippen MR) is 103 cm³/mol. The van der Waals surface area contributed by atoms with Crippen LogP contribution in [-0.4, -0.2) is 24.3 Å². The lowest BCUT2D eigenvalue weighted by Crippen LogP contribution is -2.17. The third-order valence-corrected chi connectivity index (χ3v) is 4.15. The van der Waals surface area contributed by atoms with Gasteiger partial charge in [-0.15, -0.1) is 11.8 Å². The van der Waals surface area contributed by atoms with E-state index < -0.39 is 0 Å². The largest absolute Gasteiger partial charge is 0.326 e. The van der Waals surface area contributed by atoms with Crippen LogP contribution >= 0.6 is 11.8 Å². The van der Waals surface area contributed by atoms with E-state index in [1.54, 1.807) is 42.2 Å². The average molecular weight is 355 g/mol. The zero-order valence-electron chi connectivity index (χ0n) is 14.3. The molecule has 130 valence electrons. The normalized spacial score (nSPS) is 10.6. The topological polar surface area (TPSA) is 70.6 Å². The van der Waals surface area contributed by atoms with Gasteiger partial charge in [-0.05, 0) is 54.6 Å². The van der Waals surface area contributed by atoms with Crippen LogP contribution in [0.1, 0.15) is 35.7 Å². The molecule has 2 rings (SSSR count). The fourth-order valence-electron chi connectivity index (χ4n) is 2.08. The number of hydrazone groups is 1. The van der Waals surface area contributed by atoms with Crippen molar-refractivity contribution in [2.75, 3.05) is 11.6 Å². The minimum absolute atomic E-state index is 0.0307. The van der Waals surface area contributed by atoms with Crippen molar-refractivity contribution in [3.8, 4) is 0 Å². The lowest BCUT2D eigenvalue weighted by atomic mass is 10.2. The first kappa shape index (κ1) is 18.7. The third-order valence-electron chi connectivity index (χ3n) is 3.40. The summed E-state index contributed by atoms with van der Waals surface area (Å²) in [6, 6.07) is 14.6. The fraction of sp³-hybridized carbons (Fsp3) is 0.211. The van der Waals surface area contributed by atoms with Gasteiger partial charge in [-0.25, -0.2) is 5.43 Å². The summed E-state index contributed by atoms with van der Waals surface area (Å²) in [5.41, 5.74) is 4.55. The minimum Gasteiger partial charge on any atom is -0.326 e. The van der Waals surface area contributed by atoms with E-state index in [4.69, 9.17) is 0 Å². The van der Waals surface area contributed by atoms with Crippen molar-refractivity contribution in [2.24, 2.45) is 5.10 Å². The smallest absolute Gasteiger partial charge is 0.271 e. The maximum Gasteiger partial charge on any atom is 0.271 e. The first-order chi connectivity index (χ1) is 12.1. The zero-order valence-corrected chi connectivity index (χ0v) is 15.1.